The zero-order chi connectivity index (χ0) is 23.3. The Kier molecular flexibility index (Phi) is 7.78. The Morgan fingerprint density at radius 2 is 1.94 bits per heavy atom. The molecule has 12 heteroatoms. The van der Waals surface area contributed by atoms with Crippen molar-refractivity contribution in [2.45, 2.75) is 6.17 Å². The Labute approximate surface area is 182 Å². The van der Waals surface area contributed by atoms with E-state index in [1.54, 1.807) is 26.0 Å². The second-order valence-electron chi connectivity index (χ2n) is 6.34. The molecule has 1 heterocycles. The van der Waals surface area contributed by atoms with E-state index in [0.29, 0.717) is 11.9 Å². The van der Waals surface area contributed by atoms with Crippen LogP contribution in [0.5, 0.6) is 0 Å². The van der Waals surface area contributed by atoms with Crippen molar-refractivity contribution in [3.63, 3.8) is 0 Å². The molecule has 1 aliphatic rings. The first-order chi connectivity index (χ1) is 14.7. The van der Waals surface area contributed by atoms with Gasteiger partial charge in [-0.2, -0.15) is 0 Å². The van der Waals surface area contributed by atoms with Crippen LogP contribution in [0.2, 0.25) is 0 Å². The number of aliphatic hydroxyl groups is 1. The monoisotopic (exact) mass is 450 g/mol. The van der Waals surface area contributed by atoms with Crippen molar-refractivity contribution in [1.82, 2.24) is 4.90 Å². The number of nitrogens with one attached hydrogen (secondary N) is 1. The van der Waals surface area contributed by atoms with Crippen LogP contribution >= 0.6 is 11.8 Å². The van der Waals surface area contributed by atoms with Gasteiger partial charge in [-0.05, 0) is 26.2 Å². The number of methoxy groups -OCH3 is 2. The minimum Gasteiger partial charge on any atom is -0.516 e. The van der Waals surface area contributed by atoms with Gasteiger partial charge in [-0.1, -0.05) is 11.8 Å². The smallest absolute Gasteiger partial charge is 0.345 e. The number of likely N-dealkylation sites (N-methyl/N-ethyl adjacent to an activating group) is 1. The molecule has 0 fully saturated rings. The van der Waals surface area contributed by atoms with Crippen LogP contribution in [0.15, 0.2) is 33.9 Å². The molecule has 0 amide bonds. The van der Waals surface area contributed by atoms with Crippen LogP contribution in [-0.2, 0) is 19.1 Å². The number of thioether (sulfide) groups is 1. The molecule has 0 saturated heterocycles. The summed E-state index contributed by atoms with van der Waals surface area (Å²) in [6.45, 7) is 0. The third-order valence-corrected chi connectivity index (χ3v) is 5.44. The van der Waals surface area contributed by atoms with Crippen LogP contribution in [0.25, 0.3) is 6.08 Å². The predicted octanol–water partition coefficient (Wildman–Crippen LogP) is 2.15. The van der Waals surface area contributed by atoms with Crippen molar-refractivity contribution < 1.29 is 29.1 Å². The van der Waals surface area contributed by atoms with Crippen LogP contribution in [0.3, 0.4) is 0 Å². The van der Waals surface area contributed by atoms with E-state index in [1.165, 1.54) is 32.4 Å². The molecule has 0 aromatic heterocycles. The number of benzene rings is 1. The maximum atomic E-state index is 12.5. The third kappa shape index (κ3) is 4.70. The summed E-state index contributed by atoms with van der Waals surface area (Å²) in [6.07, 6.45) is 0.923. The number of nitrogens with zero attached hydrogens (tertiary/aromatic N) is 3. The summed E-state index contributed by atoms with van der Waals surface area (Å²) in [7, 11) is 7.28. The van der Waals surface area contributed by atoms with Crippen LogP contribution in [0, 0.1) is 10.1 Å². The molecule has 1 unspecified atom stereocenters. The summed E-state index contributed by atoms with van der Waals surface area (Å²) in [4.78, 5) is 42.1. The number of aliphatic imine (C=N–C) groups is 1. The number of anilines is 1. The standard InChI is InChI=1S/C19H22N4O7S/c1-20-11-6-7-12(23(27)28)10(8-9-24)13(11)17-21-16(22(2)3)14(18(25)29-4)15(31-17)19(26)30-5/h6-9,16,20,24H,1-5H3/b9-8+. The third-order valence-electron chi connectivity index (χ3n) is 4.35. The maximum absolute atomic E-state index is 12.5. The van der Waals surface area contributed by atoms with Gasteiger partial charge in [-0.3, -0.25) is 20.0 Å². The highest BCUT2D eigenvalue weighted by molar-refractivity contribution is 8.18. The lowest BCUT2D eigenvalue weighted by molar-refractivity contribution is -0.385. The highest BCUT2D eigenvalue weighted by Crippen LogP contribution is 2.40. The average molecular weight is 450 g/mol. The highest BCUT2D eigenvalue weighted by Gasteiger charge is 2.38. The first-order valence-corrected chi connectivity index (χ1v) is 9.66. The number of nitro benzene ring substituents is 1. The molecule has 0 bridgehead atoms. The van der Waals surface area contributed by atoms with E-state index in [2.05, 4.69) is 10.3 Å². The lowest BCUT2D eigenvalue weighted by Crippen LogP contribution is -2.37. The van der Waals surface area contributed by atoms with Crippen LogP contribution in [-0.4, -0.2) is 73.4 Å². The Morgan fingerprint density at radius 3 is 2.42 bits per heavy atom. The molecular weight excluding hydrogens is 428 g/mol. The summed E-state index contributed by atoms with van der Waals surface area (Å²) in [6, 6.07) is 2.78. The van der Waals surface area contributed by atoms with Crippen molar-refractivity contribution in [3.05, 3.63) is 50.1 Å². The number of ether oxygens (including phenoxy) is 2. The number of carbonyl (C=O) groups is 2. The summed E-state index contributed by atoms with van der Waals surface area (Å²) in [5, 5.41) is 24.1. The van der Waals surface area contributed by atoms with Gasteiger partial charge in [0.15, 0.2) is 0 Å². The van der Waals surface area contributed by atoms with Crippen LogP contribution < -0.4 is 5.32 Å². The van der Waals surface area contributed by atoms with Crippen molar-refractivity contribution in [1.29, 1.82) is 0 Å². The van der Waals surface area contributed by atoms with E-state index < -0.39 is 23.0 Å². The molecule has 0 radical (unpaired) electrons. The molecule has 2 rings (SSSR count). The summed E-state index contributed by atoms with van der Waals surface area (Å²) >= 11 is 0.830. The molecule has 2 N–H and O–H groups in total. The second kappa shape index (κ2) is 10.1. The number of hydrogen-bond donors (Lipinski definition) is 2. The molecule has 1 atom stereocenters. The van der Waals surface area contributed by atoms with E-state index in [-0.39, 0.29) is 32.3 Å². The fraction of sp³-hybridized carbons (Fsp3) is 0.316. The molecule has 1 aromatic rings. The largest absolute Gasteiger partial charge is 0.516 e. The molecule has 0 aliphatic carbocycles. The topological polar surface area (TPSA) is 144 Å². The molecule has 1 aromatic carbocycles. The first-order valence-electron chi connectivity index (χ1n) is 8.84. The normalized spacial score (nSPS) is 16.3. The quantitative estimate of drug-likeness (QED) is 0.274. The van der Waals surface area contributed by atoms with Crippen LogP contribution in [0.1, 0.15) is 11.1 Å². The van der Waals surface area contributed by atoms with Crippen molar-refractivity contribution in [2.75, 3.05) is 40.7 Å². The molecule has 0 saturated carbocycles. The van der Waals surface area contributed by atoms with Gasteiger partial charge in [-0.25, -0.2) is 9.59 Å². The number of aliphatic hydroxyl groups excluding tert-OH is 1. The van der Waals surface area contributed by atoms with Crippen molar-refractivity contribution in [3.8, 4) is 0 Å². The van der Waals surface area contributed by atoms with Gasteiger partial charge < -0.3 is 19.9 Å². The highest BCUT2D eigenvalue weighted by atomic mass is 32.2. The lowest BCUT2D eigenvalue weighted by atomic mass is 10.0. The van der Waals surface area contributed by atoms with Gasteiger partial charge in [0.25, 0.3) is 5.69 Å². The number of esters is 2. The van der Waals surface area contributed by atoms with Gasteiger partial charge in [0.1, 0.15) is 16.1 Å². The minimum absolute atomic E-state index is 0.0104. The van der Waals surface area contributed by atoms with Gasteiger partial charge in [0.05, 0.1) is 36.5 Å². The van der Waals surface area contributed by atoms with Gasteiger partial charge in [0.2, 0.25) is 0 Å². The maximum Gasteiger partial charge on any atom is 0.345 e. The zero-order valence-corrected chi connectivity index (χ0v) is 18.3. The average Bonchev–Trinajstić information content (AvgIpc) is 2.76. The Bertz CT molecular complexity index is 1000. The van der Waals surface area contributed by atoms with E-state index in [1.807, 2.05) is 0 Å². The summed E-state index contributed by atoms with van der Waals surface area (Å²) < 4.78 is 9.68. The van der Waals surface area contributed by atoms with Crippen molar-refractivity contribution >= 4 is 46.2 Å². The molecular formula is C19H22N4O7S. The van der Waals surface area contributed by atoms with Gasteiger partial charge in [-0.15, -0.1) is 0 Å². The second-order valence-corrected chi connectivity index (χ2v) is 7.34. The molecule has 11 nitrogen and oxygen atoms in total. The number of rotatable bonds is 7. The molecule has 1 aliphatic heterocycles. The van der Waals surface area contributed by atoms with Crippen LogP contribution in [0.4, 0.5) is 11.4 Å². The Balaban J connectivity index is 2.86. The molecule has 0 spiro atoms. The fourth-order valence-corrected chi connectivity index (χ4v) is 4.10. The molecule has 31 heavy (non-hydrogen) atoms. The van der Waals surface area contributed by atoms with Gasteiger partial charge in [0, 0.05) is 24.4 Å². The van der Waals surface area contributed by atoms with Gasteiger partial charge >= 0.3 is 11.9 Å². The van der Waals surface area contributed by atoms with E-state index in [0.717, 1.165) is 11.8 Å². The summed E-state index contributed by atoms with van der Waals surface area (Å²) in [5.41, 5.74) is 0.543. The fourth-order valence-electron chi connectivity index (χ4n) is 2.96. The lowest BCUT2D eigenvalue weighted by Gasteiger charge is -2.29. The van der Waals surface area contributed by atoms with E-state index in [4.69, 9.17) is 9.47 Å². The first kappa shape index (κ1) is 23.9. The SMILES string of the molecule is CNc1ccc([N+](=O)[O-])c(/C=C/O)c1C1=NC(N(C)C)C(C(=O)OC)=C(C(=O)OC)S1. The number of carbonyl (C=O) groups excluding carboxylic acids is 2. The minimum atomic E-state index is -0.923. The van der Waals surface area contributed by atoms with E-state index in [9.17, 15) is 24.8 Å². The Hall–Kier alpha value is -3.38. The van der Waals surface area contributed by atoms with Crippen molar-refractivity contribution in [2.24, 2.45) is 4.99 Å². The zero-order valence-electron chi connectivity index (χ0n) is 17.5. The number of hydrogen-bond acceptors (Lipinski definition) is 11. The predicted molar refractivity (Wildman–Crippen MR) is 117 cm³/mol. The molecule has 166 valence electrons. The number of nitro groups is 1. The van der Waals surface area contributed by atoms with E-state index >= 15 is 0 Å². The Morgan fingerprint density at radius 1 is 1.29 bits per heavy atom. The summed E-state index contributed by atoms with van der Waals surface area (Å²) in [5.74, 6) is -1.53.